The summed E-state index contributed by atoms with van der Waals surface area (Å²) in [4.78, 5) is 37.4. The SMILES string of the molecule is Cc1ccc(Cl)c(NC(=O)c2ccc(-n3oc(C(C)(C)C)c(CSCC(O)CO)c3=O)c([N+](=O)[O-])c2)c1. The van der Waals surface area contributed by atoms with Crippen molar-refractivity contribution in [1.82, 2.24) is 4.74 Å². The zero-order chi connectivity index (χ0) is 27.5. The van der Waals surface area contributed by atoms with Crippen molar-refractivity contribution in [3.63, 3.8) is 0 Å². The smallest absolute Gasteiger partial charge is 0.297 e. The van der Waals surface area contributed by atoms with E-state index < -0.39 is 40.2 Å². The van der Waals surface area contributed by atoms with Crippen LogP contribution in [-0.4, -0.2) is 44.2 Å². The number of thioether (sulfide) groups is 1. The van der Waals surface area contributed by atoms with Gasteiger partial charge in [0.25, 0.3) is 17.2 Å². The fourth-order valence-electron chi connectivity index (χ4n) is 3.54. The molecule has 0 bridgehead atoms. The Morgan fingerprint density at radius 1 is 1.27 bits per heavy atom. The van der Waals surface area contributed by atoms with Gasteiger partial charge in [0.1, 0.15) is 5.76 Å². The number of hydrogen-bond acceptors (Lipinski definition) is 8. The molecule has 0 fully saturated rings. The quantitative estimate of drug-likeness (QED) is 0.262. The molecule has 0 spiro atoms. The first kappa shape index (κ1) is 28.5. The van der Waals surface area contributed by atoms with E-state index in [4.69, 9.17) is 21.2 Å². The third-order valence-corrected chi connectivity index (χ3v) is 6.81. The molecule has 1 aromatic heterocycles. The lowest BCUT2D eigenvalue weighted by Crippen LogP contribution is -2.20. The molecule has 0 aliphatic carbocycles. The van der Waals surface area contributed by atoms with Crippen molar-refractivity contribution in [1.29, 1.82) is 0 Å². The second-order valence-electron chi connectivity index (χ2n) is 9.50. The van der Waals surface area contributed by atoms with Crippen molar-refractivity contribution in [2.75, 3.05) is 17.7 Å². The van der Waals surface area contributed by atoms with Crippen molar-refractivity contribution in [3.8, 4) is 5.69 Å². The molecule has 0 saturated heterocycles. The maximum Gasteiger partial charge on any atom is 0.297 e. The number of rotatable bonds is 9. The largest absolute Gasteiger partial charge is 0.394 e. The van der Waals surface area contributed by atoms with E-state index in [2.05, 4.69) is 5.32 Å². The average molecular weight is 550 g/mol. The van der Waals surface area contributed by atoms with E-state index >= 15 is 0 Å². The van der Waals surface area contributed by atoms with Crippen LogP contribution in [-0.2, 0) is 11.2 Å². The highest BCUT2D eigenvalue weighted by atomic mass is 35.5. The third-order valence-electron chi connectivity index (χ3n) is 5.37. The van der Waals surface area contributed by atoms with Crippen LogP contribution in [0.15, 0.2) is 45.7 Å². The number of aromatic nitrogens is 1. The standard InChI is InChI=1S/C25H28ClN3O7S/c1-14-5-7-18(26)19(9-14)27-23(32)15-6-8-20(21(10-15)29(34)35)28-24(33)17(13-37-12-16(31)11-30)22(36-28)25(2,3)4/h5-10,16,30-31H,11-13H2,1-4H3,(H,27,32). The van der Waals surface area contributed by atoms with Gasteiger partial charge in [-0.1, -0.05) is 38.4 Å². The second-order valence-corrected chi connectivity index (χ2v) is 10.9. The molecule has 0 aliphatic rings. The Hall–Kier alpha value is -3.12. The van der Waals surface area contributed by atoms with Crippen molar-refractivity contribution in [3.05, 3.63) is 84.3 Å². The van der Waals surface area contributed by atoms with Gasteiger partial charge in [0.15, 0.2) is 5.69 Å². The number of carbonyl (C=O) groups is 1. The first-order valence-electron chi connectivity index (χ1n) is 11.3. The Morgan fingerprint density at radius 3 is 2.59 bits per heavy atom. The van der Waals surface area contributed by atoms with Gasteiger partial charge in [-0.15, -0.1) is 4.74 Å². The zero-order valence-corrected chi connectivity index (χ0v) is 22.4. The van der Waals surface area contributed by atoms with Gasteiger partial charge in [-0.25, -0.2) is 0 Å². The summed E-state index contributed by atoms with van der Waals surface area (Å²) in [6.45, 7) is 6.94. The average Bonchev–Trinajstić information content (AvgIpc) is 3.17. The molecule has 37 heavy (non-hydrogen) atoms. The molecule has 3 rings (SSSR count). The van der Waals surface area contributed by atoms with E-state index in [-0.39, 0.29) is 22.8 Å². The van der Waals surface area contributed by atoms with Crippen LogP contribution < -0.4 is 10.9 Å². The topological polar surface area (TPSA) is 148 Å². The number of hydrogen-bond donors (Lipinski definition) is 3. The molecular formula is C25H28ClN3O7S. The summed E-state index contributed by atoms with van der Waals surface area (Å²) in [6.07, 6.45) is -0.938. The maximum atomic E-state index is 13.3. The fraction of sp³-hybridized carbons (Fsp3) is 0.360. The summed E-state index contributed by atoms with van der Waals surface area (Å²) in [7, 11) is 0. The van der Waals surface area contributed by atoms with Gasteiger partial charge >= 0.3 is 0 Å². The van der Waals surface area contributed by atoms with Gasteiger partial charge in [-0.05, 0) is 36.8 Å². The van der Waals surface area contributed by atoms with Gasteiger partial charge in [-0.3, -0.25) is 19.7 Å². The van der Waals surface area contributed by atoms with Crippen LogP contribution in [0.1, 0.15) is 48.0 Å². The zero-order valence-electron chi connectivity index (χ0n) is 20.8. The number of nitro groups is 1. The normalized spacial score (nSPS) is 12.4. The van der Waals surface area contributed by atoms with Crippen LogP contribution in [0.2, 0.25) is 5.02 Å². The van der Waals surface area contributed by atoms with E-state index in [1.807, 2.05) is 27.7 Å². The van der Waals surface area contributed by atoms with Crippen LogP contribution in [0.4, 0.5) is 11.4 Å². The number of aliphatic hydroxyl groups is 2. The number of anilines is 1. The molecule has 3 N–H and O–H groups in total. The molecule has 1 amide bonds. The van der Waals surface area contributed by atoms with Crippen LogP contribution >= 0.6 is 23.4 Å². The number of amides is 1. The number of carbonyl (C=O) groups excluding carboxylic acids is 1. The Morgan fingerprint density at radius 2 is 1.97 bits per heavy atom. The maximum absolute atomic E-state index is 13.3. The number of benzene rings is 2. The first-order chi connectivity index (χ1) is 17.3. The molecule has 198 valence electrons. The monoisotopic (exact) mass is 549 g/mol. The van der Waals surface area contributed by atoms with Crippen molar-refractivity contribution >= 4 is 40.6 Å². The minimum atomic E-state index is -0.938. The number of aliphatic hydroxyl groups excluding tert-OH is 2. The van der Waals surface area contributed by atoms with Crippen molar-refractivity contribution < 1.29 is 24.5 Å². The second kappa shape index (κ2) is 11.5. The molecule has 1 unspecified atom stereocenters. The highest BCUT2D eigenvalue weighted by Crippen LogP contribution is 2.31. The fourth-order valence-corrected chi connectivity index (χ4v) is 4.66. The minimum Gasteiger partial charge on any atom is -0.394 e. The van der Waals surface area contributed by atoms with E-state index in [0.717, 1.165) is 16.4 Å². The van der Waals surface area contributed by atoms with E-state index in [9.17, 15) is 24.8 Å². The van der Waals surface area contributed by atoms with Crippen LogP contribution in [0, 0.1) is 17.0 Å². The Kier molecular flexibility index (Phi) is 8.85. The summed E-state index contributed by atoms with van der Waals surface area (Å²) in [5.41, 5.74) is -0.270. The number of halogens is 1. The van der Waals surface area contributed by atoms with Crippen LogP contribution in [0.5, 0.6) is 0 Å². The van der Waals surface area contributed by atoms with Gasteiger partial charge in [-0.2, -0.15) is 11.8 Å². The molecule has 2 aromatic carbocycles. The summed E-state index contributed by atoms with van der Waals surface area (Å²) in [5.74, 6) is 0.0991. The highest BCUT2D eigenvalue weighted by molar-refractivity contribution is 7.98. The lowest BCUT2D eigenvalue weighted by atomic mass is 9.91. The van der Waals surface area contributed by atoms with E-state index in [1.54, 1.807) is 18.2 Å². The van der Waals surface area contributed by atoms with E-state index in [1.165, 1.54) is 23.9 Å². The van der Waals surface area contributed by atoms with Crippen molar-refractivity contribution in [2.24, 2.45) is 0 Å². The predicted octanol–water partition coefficient (Wildman–Crippen LogP) is 4.44. The molecular weight excluding hydrogens is 522 g/mol. The molecule has 0 aliphatic heterocycles. The number of nitro benzene ring substituents is 1. The molecule has 0 radical (unpaired) electrons. The molecule has 0 saturated carbocycles. The summed E-state index contributed by atoms with van der Waals surface area (Å²) in [5, 5.41) is 33.6. The summed E-state index contributed by atoms with van der Waals surface area (Å²) < 4.78 is 6.71. The Balaban J connectivity index is 2.02. The third kappa shape index (κ3) is 6.61. The Labute approximate surface area is 222 Å². The van der Waals surface area contributed by atoms with Crippen LogP contribution in [0.25, 0.3) is 5.69 Å². The highest BCUT2D eigenvalue weighted by Gasteiger charge is 2.30. The minimum absolute atomic E-state index is 0.00237. The van der Waals surface area contributed by atoms with Gasteiger partial charge in [0.2, 0.25) is 0 Å². The molecule has 3 aromatic rings. The van der Waals surface area contributed by atoms with Crippen LogP contribution in [0.3, 0.4) is 0 Å². The summed E-state index contributed by atoms with van der Waals surface area (Å²) >= 11 is 7.38. The van der Waals surface area contributed by atoms with Gasteiger partial charge in [0, 0.05) is 28.6 Å². The summed E-state index contributed by atoms with van der Waals surface area (Å²) in [6, 6.07) is 8.82. The lowest BCUT2D eigenvalue weighted by molar-refractivity contribution is -0.384. The molecule has 10 nitrogen and oxygen atoms in total. The first-order valence-corrected chi connectivity index (χ1v) is 12.9. The molecule has 1 atom stereocenters. The van der Waals surface area contributed by atoms with Crippen molar-refractivity contribution in [2.45, 2.75) is 45.0 Å². The predicted molar refractivity (Wildman–Crippen MR) is 143 cm³/mol. The van der Waals surface area contributed by atoms with Gasteiger partial charge < -0.3 is 20.1 Å². The number of nitrogens with one attached hydrogen (secondary N) is 1. The Bertz CT molecular complexity index is 1380. The van der Waals surface area contributed by atoms with E-state index in [0.29, 0.717) is 22.0 Å². The number of aryl methyl sites for hydroxylation is 1. The molecule has 1 heterocycles. The molecule has 12 heteroatoms. The van der Waals surface area contributed by atoms with Gasteiger partial charge in [0.05, 0.1) is 33.9 Å². The lowest BCUT2D eigenvalue weighted by Gasteiger charge is -2.16. The number of nitrogens with zero attached hydrogens (tertiary/aromatic N) is 2.